The van der Waals surface area contributed by atoms with Gasteiger partial charge in [0.25, 0.3) is 0 Å². The zero-order valence-electron chi connectivity index (χ0n) is 17.4. The van der Waals surface area contributed by atoms with Crippen molar-refractivity contribution in [1.29, 1.82) is 0 Å². The third-order valence-corrected chi connectivity index (χ3v) is 5.43. The second-order valence-electron chi connectivity index (χ2n) is 7.00. The Labute approximate surface area is 178 Å². The summed E-state index contributed by atoms with van der Waals surface area (Å²) in [5.74, 6) is 2.11. The Morgan fingerprint density at radius 1 is 1.03 bits per heavy atom. The van der Waals surface area contributed by atoms with Crippen LogP contribution in [0.15, 0.2) is 59.9 Å². The number of imidazole rings is 1. The highest BCUT2D eigenvalue weighted by Gasteiger charge is 2.03. The first-order valence-electron chi connectivity index (χ1n) is 10.3. The number of guanidine groups is 1. The summed E-state index contributed by atoms with van der Waals surface area (Å²) in [5.41, 5.74) is 4.68. The van der Waals surface area contributed by atoms with Crippen LogP contribution in [-0.4, -0.2) is 40.6 Å². The van der Waals surface area contributed by atoms with Crippen molar-refractivity contribution in [1.82, 2.24) is 20.2 Å². The van der Waals surface area contributed by atoms with E-state index in [2.05, 4.69) is 69.8 Å². The zero-order chi connectivity index (χ0) is 20.3. The van der Waals surface area contributed by atoms with Crippen LogP contribution >= 0.6 is 11.8 Å². The van der Waals surface area contributed by atoms with Gasteiger partial charge in [-0.2, -0.15) is 11.8 Å². The lowest BCUT2D eigenvalue weighted by molar-refractivity contribution is 0.734. The average molecular weight is 410 g/mol. The first kappa shape index (κ1) is 21.2. The van der Waals surface area contributed by atoms with Crippen molar-refractivity contribution < 1.29 is 0 Å². The number of benzene rings is 2. The van der Waals surface area contributed by atoms with Crippen LogP contribution in [0.3, 0.4) is 0 Å². The van der Waals surface area contributed by atoms with Crippen molar-refractivity contribution >= 4 is 28.8 Å². The molecular weight excluding hydrogens is 378 g/mol. The van der Waals surface area contributed by atoms with E-state index in [1.165, 1.54) is 35.2 Å². The van der Waals surface area contributed by atoms with Gasteiger partial charge in [0.05, 0.1) is 23.9 Å². The maximum atomic E-state index is 4.72. The topological polar surface area (TPSA) is 54.2 Å². The van der Waals surface area contributed by atoms with E-state index in [1.807, 2.05) is 30.2 Å². The minimum Gasteiger partial charge on any atom is -0.357 e. The molecule has 0 saturated heterocycles. The molecule has 3 aromatic rings. The molecule has 0 spiro atoms. The fraction of sp³-hybridized carbons (Fsp3) is 0.391. The lowest BCUT2D eigenvalue weighted by atomic mass is 10.1. The molecule has 0 aliphatic heterocycles. The van der Waals surface area contributed by atoms with Gasteiger partial charge < -0.3 is 15.2 Å². The second-order valence-corrected chi connectivity index (χ2v) is 7.99. The molecule has 0 radical (unpaired) electrons. The van der Waals surface area contributed by atoms with Crippen LogP contribution < -0.4 is 10.6 Å². The minimum atomic E-state index is 0.675. The average Bonchev–Trinajstić information content (AvgIpc) is 3.16. The number of aromatic nitrogens is 2. The van der Waals surface area contributed by atoms with Crippen LogP contribution in [0.2, 0.25) is 0 Å². The number of para-hydroxylation sites is 2. The number of unbranched alkanes of at least 4 members (excludes halogenated alkanes) is 1. The number of rotatable bonds is 10. The number of nitrogens with zero attached hydrogens (tertiary/aromatic N) is 3. The van der Waals surface area contributed by atoms with Gasteiger partial charge in [0, 0.05) is 19.6 Å². The Bertz CT molecular complexity index is 901. The highest BCUT2D eigenvalue weighted by atomic mass is 32.2. The molecule has 0 aliphatic rings. The van der Waals surface area contributed by atoms with Crippen molar-refractivity contribution in [2.45, 2.75) is 32.9 Å². The Balaban J connectivity index is 1.55. The fourth-order valence-electron chi connectivity index (χ4n) is 3.17. The maximum absolute atomic E-state index is 4.72. The summed E-state index contributed by atoms with van der Waals surface area (Å²) in [7, 11) is 0. The normalized spacial score (nSPS) is 11.7. The number of aliphatic imine (C=N–C) groups is 1. The van der Waals surface area contributed by atoms with Crippen molar-refractivity contribution in [3.05, 3.63) is 66.0 Å². The van der Waals surface area contributed by atoms with Gasteiger partial charge in [0.2, 0.25) is 0 Å². The van der Waals surface area contributed by atoms with Gasteiger partial charge >= 0.3 is 0 Å². The van der Waals surface area contributed by atoms with Crippen LogP contribution in [0, 0.1) is 0 Å². The molecule has 0 aliphatic carbocycles. The Morgan fingerprint density at radius 3 is 2.62 bits per heavy atom. The van der Waals surface area contributed by atoms with Crippen molar-refractivity contribution in [3.63, 3.8) is 0 Å². The molecule has 6 heteroatoms. The summed E-state index contributed by atoms with van der Waals surface area (Å²) in [5, 5.41) is 6.75. The third kappa shape index (κ3) is 6.53. The van der Waals surface area contributed by atoms with Gasteiger partial charge in [-0.05, 0) is 55.0 Å². The standard InChI is InChI=1S/C23H31N5S/c1-3-24-23(25-14-6-7-15-29-2)26-16-19-10-12-20(13-11-19)17-28-18-27-21-8-4-5-9-22(21)28/h4-5,8-13,18H,3,6-7,14-17H2,1-2H3,(H2,24,25,26). The van der Waals surface area contributed by atoms with Gasteiger partial charge in [0.15, 0.2) is 5.96 Å². The largest absolute Gasteiger partial charge is 0.357 e. The molecule has 5 nitrogen and oxygen atoms in total. The van der Waals surface area contributed by atoms with Crippen LogP contribution in [0.4, 0.5) is 0 Å². The molecule has 1 heterocycles. The lowest BCUT2D eigenvalue weighted by Crippen LogP contribution is -2.37. The summed E-state index contributed by atoms with van der Waals surface area (Å²) in [6.07, 6.45) is 6.47. The maximum Gasteiger partial charge on any atom is 0.191 e. The highest BCUT2D eigenvalue weighted by molar-refractivity contribution is 7.98. The molecule has 0 saturated carbocycles. The van der Waals surface area contributed by atoms with E-state index in [0.29, 0.717) is 6.54 Å². The van der Waals surface area contributed by atoms with E-state index in [-0.39, 0.29) is 0 Å². The quantitative estimate of drug-likeness (QED) is 0.298. The molecule has 0 atom stereocenters. The molecule has 0 fully saturated rings. The predicted molar refractivity (Wildman–Crippen MR) is 126 cm³/mol. The second kappa shape index (κ2) is 11.5. The molecule has 0 unspecified atom stereocenters. The first-order valence-corrected chi connectivity index (χ1v) is 11.7. The number of hydrogen-bond acceptors (Lipinski definition) is 3. The summed E-state index contributed by atoms with van der Waals surface area (Å²) in [6, 6.07) is 16.9. The molecular formula is C23H31N5S. The number of nitrogens with one attached hydrogen (secondary N) is 2. The van der Waals surface area contributed by atoms with Gasteiger partial charge in [-0.25, -0.2) is 9.98 Å². The SMILES string of the molecule is CCNC(=NCc1ccc(Cn2cnc3ccccc32)cc1)NCCCCSC. The predicted octanol–water partition coefficient (Wildman–Crippen LogP) is 4.28. The summed E-state index contributed by atoms with van der Waals surface area (Å²) in [6.45, 7) is 5.43. The van der Waals surface area contributed by atoms with Gasteiger partial charge in [-0.15, -0.1) is 0 Å². The molecule has 154 valence electrons. The van der Waals surface area contributed by atoms with Gasteiger partial charge in [-0.1, -0.05) is 36.4 Å². The van der Waals surface area contributed by atoms with E-state index in [1.54, 1.807) is 0 Å². The van der Waals surface area contributed by atoms with E-state index in [9.17, 15) is 0 Å². The summed E-state index contributed by atoms with van der Waals surface area (Å²) >= 11 is 1.90. The molecule has 29 heavy (non-hydrogen) atoms. The van der Waals surface area contributed by atoms with E-state index >= 15 is 0 Å². The number of hydrogen-bond donors (Lipinski definition) is 2. The van der Waals surface area contributed by atoms with Gasteiger partial charge in [0.1, 0.15) is 0 Å². The van der Waals surface area contributed by atoms with Crippen molar-refractivity contribution in [3.8, 4) is 0 Å². The van der Waals surface area contributed by atoms with Crippen LogP contribution in [0.1, 0.15) is 30.9 Å². The molecule has 0 amide bonds. The number of thioether (sulfide) groups is 1. The third-order valence-electron chi connectivity index (χ3n) is 4.73. The van der Waals surface area contributed by atoms with E-state index in [4.69, 9.17) is 4.99 Å². The minimum absolute atomic E-state index is 0.675. The Morgan fingerprint density at radius 2 is 1.83 bits per heavy atom. The fourth-order valence-corrected chi connectivity index (χ4v) is 3.67. The van der Waals surface area contributed by atoms with Crippen LogP contribution in [-0.2, 0) is 13.1 Å². The van der Waals surface area contributed by atoms with Crippen LogP contribution in [0.25, 0.3) is 11.0 Å². The molecule has 2 N–H and O–H groups in total. The molecule has 1 aromatic heterocycles. The van der Waals surface area contributed by atoms with Crippen LogP contribution in [0.5, 0.6) is 0 Å². The first-order chi connectivity index (χ1) is 14.3. The Hall–Kier alpha value is -2.47. The molecule has 3 rings (SSSR count). The zero-order valence-corrected chi connectivity index (χ0v) is 18.2. The smallest absolute Gasteiger partial charge is 0.191 e. The lowest BCUT2D eigenvalue weighted by Gasteiger charge is -2.11. The number of fused-ring (bicyclic) bond motifs is 1. The monoisotopic (exact) mass is 409 g/mol. The molecule has 2 aromatic carbocycles. The summed E-state index contributed by atoms with van der Waals surface area (Å²) < 4.78 is 2.19. The Kier molecular flexibility index (Phi) is 8.43. The highest BCUT2D eigenvalue weighted by Crippen LogP contribution is 2.14. The van der Waals surface area contributed by atoms with E-state index in [0.717, 1.165) is 31.1 Å². The van der Waals surface area contributed by atoms with E-state index < -0.39 is 0 Å². The van der Waals surface area contributed by atoms with Gasteiger partial charge in [-0.3, -0.25) is 0 Å². The van der Waals surface area contributed by atoms with Crippen molar-refractivity contribution in [2.24, 2.45) is 4.99 Å². The summed E-state index contributed by atoms with van der Waals surface area (Å²) in [4.78, 5) is 9.19. The van der Waals surface area contributed by atoms with Crippen molar-refractivity contribution in [2.75, 3.05) is 25.1 Å². The molecule has 0 bridgehead atoms.